The van der Waals surface area contributed by atoms with Gasteiger partial charge < -0.3 is 13.9 Å². The Labute approximate surface area is 146 Å². The van der Waals surface area contributed by atoms with Gasteiger partial charge in [0.1, 0.15) is 5.82 Å². The third-order valence-corrected chi connectivity index (χ3v) is 4.63. The molecule has 1 amide bonds. The van der Waals surface area contributed by atoms with Crippen molar-refractivity contribution in [3.05, 3.63) is 72.5 Å². The van der Waals surface area contributed by atoms with Gasteiger partial charge in [0, 0.05) is 43.8 Å². The first-order chi connectivity index (χ1) is 12.3. The number of furan rings is 1. The summed E-state index contributed by atoms with van der Waals surface area (Å²) in [7, 11) is 0. The molecule has 3 aromatic heterocycles. The van der Waals surface area contributed by atoms with Crippen molar-refractivity contribution in [2.45, 2.75) is 25.3 Å². The van der Waals surface area contributed by atoms with Gasteiger partial charge in [0.25, 0.3) is 5.91 Å². The van der Waals surface area contributed by atoms with Crippen LogP contribution in [-0.2, 0) is 6.54 Å². The van der Waals surface area contributed by atoms with Gasteiger partial charge in [-0.2, -0.15) is 0 Å². The molecule has 25 heavy (non-hydrogen) atoms. The lowest BCUT2D eigenvalue weighted by atomic mass is 9.96. The number of hydrogen-bond donors (Lipinski definition) is 0. The number of rotatable bonds is 4. The van der Waals surface area contributed by atoms with Crippen molar-refractivity contribution in [1.29, 1.82) is 0 Å². The fraction of sp³-hybridized carbons (Fsp3) is 0.316. The second kappa shape index (κ2) is 6.93. The van der Waals surface area contributed by atoms with Crippen LogP contribution in [0.2, 0.25) is 0 Å². The van der Waals surface area contributed by atoms with Crippen LogP contribution in [0.25, 0.3) is 0 Å². The SMILES string of the molecule is O=C(c1ccco1)N1CCC[C@H](c2nccn2Cc2cccnc2)C1. The van der Waals surface area contributed by atoms with Crippen molar-refractivity contribution < 1.29 is 9.21 Å². The average Bonchev–Trinajstić information content (AvgIpc) is 3.34. The minimum Gasteiger partial charge on any atom is -0.459 e. The highest BCUT2D eigenvalue weighted by molar-refractivity contribution is 5.91. The lowest BCUT2D eigenvalue weighted by Gasteiger charge is -2.32. The van der Waals surface area contributed by atoms with Crippen molar-refractivity contribution in [1.82, 2.24) is 19.4 Å². The Hall–Kier alpha value is -2.89. The van der Waals surface area contributed by atoms with E-state index in [1.165, 1.54) is 6.26 Å². The molecular formula is C19H20N4O2. The molecule has 4 rings (SSSR count). The van der Waals surface area contributed by atoms with Crippen molar-refractivity contribution >= 4 is 5.91 Å². The van der Waals surface area contributed by atoms with Crippen molar-refractivity contribution in [3.63, 3.8) is 0 Å². The lowest BCUT2D eigenvalue weighted by molar-refractivity contribution is 0.0671. The number of pyridine rings is 1. The predicted octanol–water partition coefficient (Wildman–Crippen LogP) is 2.94. The summed E-state index contributed by atoms with van der Waals surface area (Å²) in [5.41, 5.74) is 1.14. The molecule has 0 radical (unpaired) electrons. The van der Waals surface area contributed by atoms with Crippen LogP contribution in [0, 0.1) is 0 Å². The van der Waals surface area contributed by atoms with Crippen LogP contribution < -0.4 is 0 Å². The number of piperidine rings is 1. The smallest absolute Gasteiger partial charge is 0.289 e. The summed E-state index contributed by atoms with van der Waals surface area (Å²) in [6, 6.07) is 7.46. The lowest BCUT2D eigenvalue weighted by Crippen LogP contribution is -2.39. The van der Waals surface area contributed by atoms with Gasteiger partial charge in [-0.25, -0.2) is 4.98 Å². The quantitative estimate of drug-likeness (QED) is 0.735. The molecule has 0 unspecified atom stereocenters. The number of nitrogens with zero attached hydrogens (tertiary/aromatic N) is 4. The maximum Gasteiger partial charge on any atom is 0.289 e. The van der Waals surface area contributed by atoms with Gasteiger partial charge >= 0.3 is 0 Å². The monoisotopic (exact) mass is 336 g/mol. The minimum absolute atomic E-state index is 0.0416. The second-order valence-corrected chi connectivity index (χ2v) is 6.34. The third-order valence-electron chi connectivity index (χ3n) is 4.63. The number of carbonyl (C=O) groups excluding carboxylic acids is 1. The van der Waals surface area contributed by atoms with E-state index in [0.29, 0.717) is 12.3 Å². The number of carbonyl (C=O) groups is 1. The molecule has 4 heterocycles. The van der Waals surface area contributed by atoms with E-state index in [1.807, 2.05) is 29.6 Å². The van der Waals surface area contributed by atoms with E-state index in [9.17, 15) is 4.79 Å². The highest BCUT2D eigenvalue weighted by Crippen LogP contribution is 2.27. The highest BCUT2D eigenvalue weighted by Gasteiger charge is 2.28. The molecule has 1 atom stereocenters. The second-order valence-electron chi connectivity index (χ2n) is 6.34. The Morgan fingerprint density at radius 1 is 1.28 bits per heavy atom. The van der Waals surface area contributed by atoms with Crippen molar-refractivity contribution in [2.75, 3.05) is 13.1 Å². The maximum atomic E-state index is 12.5. The van der Waals surface area contributed by atoms with Crippen molar-refractivity contribution in [3.8, 4) is 0 Å². The third kappa shape index (κ3) is 3.33. The fourth-order valence-corrected chi connectivity index (χ4v) is 3.43. The van der Waals surface area contributed by atoms with E-state index in [0.717, 1.165) is 37.3 Å². The Kier molecular flexibility index (Phi) is 4.33. The van der Waals surface area contributed by atoms with E-state index in [4.69, 9.17) is 4.42 Å². The van der Waals surface area contributed by atoms with Gasteiger partial charge in [-0.05, 0) is 36.6 Å². The number of hydrogen-bond acceptors (Lipinski definition) is 4. The van der Waals surface area contributed by atoms with Gasteiger partial charge in [0.2, 0.25) is 0 Å². The first-order valence-corrected chi connectivity index (χ1v) is 8.54. The van der Waals surface area contributed by atoms with E-state index in [2.05, 4.69) is 20.6 Å². The molecule has 0 saturated carbocycles. The Morgan fingerprint density at radius 2 is 2.24 bits per heavy atom. The normalized spacial score (nSPS) is 17.6. The largest absolute Gasteiger partial charge is 0.459 e. The van der Waals surface area contributed by atoms with Gasteiger partial charge in [0.05, 0.1) is 12.8 Å². The summed E-state index contributed by atoms with van der Waals surface area (Å²) in [5, 5.41) is 0. The molecule has 1 aliphatic heterocycles. The average molecular weight is 336 g/mol. The molecule has 6 nitrogen and oxygen atoms in total. The Morgan fingerprint density at radius 3 is 3.04 bits per heavy atom. The zero-order valence-corrected chi connectivity index (χ0v) is 13.9. The number of aromatic nitrogens is 3. The summed E-state index contributed by atoms with van der Waals surface area (Å²) >= 11 is 0. The molecule has 1 aliphatic rings. The van der Waals surface area contributed by atoms with Crippen LogP contribution >= 0.6 is 0 Å². The van der Waals surface area contributed by atoms with E-state index in [-0.39, 0.29) is 11.8 Å². The zero-order chi connectivity index (χ0) is 17.1. The first-order valence-electron chi connectivity index (χ1n) is 8.54. The Bertz CT molecular complexity index is 826. The molecule has 0 spiro atoms. The van der Waals surface area contributed by atoms with Gasteiger partial charge in [-0.1, -0.05) is 6.07 Å². The van der Waals surface area contributed by atoms with Gasteiger partial charge in [-0.3, -0.25) is 9.78 Å². The molecule has 6 heteroatoms. The zero-order valence-electron chi connectivity index (χ0n) is 13.9. The summed E-state index contributed by atoms with van der Waals surface area (Å²) in [6.45, 7) is 2.18. The standard InChI is InChI=1S/C19H20N4O2/c24-19(17-6-3-11-25-17)23-9-2-5-16(14-23)18-21-8-10-22(18)13-15-4-1-7-20-12-15/h1,3-4,6-8,10-12,16H,2,5,9,13-14H2/t16-/m0/s1. The topological polar surface area (TPSA) is 64.2 Å². The number of amides is 1. The Balaban J connectivity index is 1.50. The molecule has 3 aromatic rings. The van der Waals surface area contributed by atoms with Crippen LogP contribution in [0.4, 0.5) is 0 Å². The fourth-order valence-electron chi connectivity index (χ4n) is 3.43. The van der Waals surface area contributed by atoms with Crippen LogP contribution in [0.15, 0.2) is 59.7 Å². The van der Waals surface area contributed by atoms with E-state index in [1.54, 1.807) is 18.3 Å². The van der Waals surface area contributed by atoms with Crippen molar-refractivity contribution in [2.24, 2.45) is 0 Å². The minimum atomic E-state index is -0.0416. The van der Waals surface area contributed by atoms with Gasteiger partial charge in [-0.15, -0.1) is 0 Å². The van der Waals surface area contributed by atoms with Crippen LogP contribution in [0.1, 0.15) is 40.7 Å². The van der Waals surface area contributed by atoms with E-state index >= 15 is 0 Å². The molecule has 0 N–H and O–H groups in total. The summed E-state index contributed by atoms with van der Waals surface area (Å²) in [5.74, 6) is 1.62. The summed E-state index contributed by atoms with van der Waals surface area (Å²) in [6.07, 6.45) is 11.0. The summed E-state index contributed by atoms with van der Waals surface area (Å²) in [4.78, 5) is 23.2. The van der Waals surface area contributed by atoms with E-state index < -0.39 is 0 Å². The number of imidazole rings is 1. The van der Waals surface area contributed by atoms with Crippen LogP contribution in [0.3, 0.4) is 0 Å². The molecular weight excluding hydrogens is 316 g/mol. The number of likely N-dealkylation sites (tertiary alicyclic amines) is 1. The molecule has 0 bridgehead atoms. The first kappa shape index (κ1) is 15.6. The molecule has 0 aliphatic carbocycles. The predicted molar refractivity (Wildman–Crippen MR) is 92.2 cm³/mol. The molecule has 0 aromatic carbocycles. The summed E-state index contributed by atoms with van der Waals surface area (Å²) < 4.78 is 7.41. The molecule has 1 saturated heterocycles. The van der Waals surface area contributed by atoms with Crippen LogP contribution in [-0.4, -0.2) is 38.4 Å². The highest BCUT2D eigenvalue weighted by atomic mass is 16.3. The van der Waals surface area contributed by atoms with Crippen LogP contribution in [0.5, 0.6) is 0 Å². The maximum absolute atomic E-state index is 12.5. The molecule has 1 fully saturated rings. The van der Waals surface area contributed by atoms with Gasteiger partial charge in [0.15, 0.2) is 5.76 Å². The molecule has 128 valence electrons.